The van der Waals surface area contributed by atoms with E-state index in [1.54, 1.807) is 4.80 Å². The van der Waals surface area contributed by atoms with E-state index in [0.29, 0.717) is 11.9 Å². The summed E-state index contributed by atoms with van der Waals surface area (Å²) in [5.74, 6) is 0.699. The Labute approximate surface area is 125 Å². The second-order valence-corrected chi connectivity index (χ2v) is 5.72. The van der Waals surface area contributed by atoms with Crippen LogP contribution in [0.1, 0.15) is 38.5 Å². The Morgan fingerprint density at radius 2 is 1.81 bits per heavy atom. The number of aromatic nitrogens is 4. The molecule has 5 nitrogen and oxygen atoms in total. The van der Waals surface area contributed by atoms with Gasteiger partial charge in [0.1, 0.15) is 0 Å². The average molecular weight is 285 g/mol. The number of hydrogen-bond donors (Lipinski definition) is 1. The van der Waals surface area contributed by atoms with Crippen molar-refractivity contribution in [3.8, 4) is 11.4 Å². The van der Waals surface area contributed by atoms with Gasteiger partial charge >= 0.3 is 0 Å². The Morgan fingerprint density at radius 3 is 2.57 bits per heavy atom. The molecular weight excluding hydrogens is 262 g/mol. The number of tetrazole rings is 1. The van der Waals surface area contributed by atoms with Crippen LogP contribution >= 0.6 is 0 Å². The van der Waals surface area contributed by atoms with Crippen molar-refractivity contribution >= 4 is 0 Å². The smallest absolute Gasteiger partial charge is 0.204 e. The zero-order valence-electron chi connectivity index (χ0n) is 12.4. The van der Waals surface area contributed by atoms with Gasteiger partial charge in [-0.15, -0.1) is 10.2 Å². The second kappa shape index (κ2) is 7.31. The second-order valence-electron chi connectivity index (χ2n) is 5.72. The lowest BCUT2D eigenvalue weighted by atomic mass is 10.1. The van der Waals surface area contributed by atoms with Gasteiger partial charge in [0.15, 0.2) is 0 Å². The zero-order chi connectivity index (χ0) is 14.3. The van der Waals surface area contributed by atoms with Gasteiger partial charge in [-0.2, -0.15) is 4.80 Å². The molecule has 1 aromatic carbocycles. The van der Waals surface area contributed by atoms with E-state index in [4.69, 9.17) is 0 Å². The molecule has 0 amide bonds. The first-order valence-corrected chi connectivity index (χ1v) is 7.98. The van der Waals surface area contributed by atoms with E-state index in [1.807, 2.05) is 30.3 Å². The van der Waals surface area contributed by atoms with Gasteiger partial charge in [-0.05, 0) is 18.1 Å². The van der Waals surface area contributed by atoms with Crippen LogP contribution in [-0.4, -0.2) is 32.8 Å². The van der Waals surface area contributed by atoms with Crippen LogP contribution in [0.2, 0.25) is 0 Å². The van der Waals surface area contributed by atoms with Crippen molar-refractivity contribution in [2.24, 2.45) is 0 Å². The molecule has 2 aromatic rings. The summed E-state index contributed by atoms with van der Waals surface area (Å²) in [6, 6.07) is 10.7. The average Bonchev–Trinajstić information content (AvgIpc) is 2.84. The van der Waals surface area contributed by atoms with Crippen LogP contribution in [0, 0.1) is 0 Å². The lowest BCUT2D eigenvalue weighted by Crippen LogP contribution is -2.31. The predicted molar refractivity (Wildman–Crippen MR) is 82.7 cm³/mol. The van der Waals surface area contributed by atoms with Crippen LogP contribution in [0.25, 0.3) is 11.4 Å². The van der Waals surface area contributed by atoms with Gasteiger partial charge in [-0.1, -0.05) is 56.0 Å². The SMILES string of the molecule is c1ccc(-c2nnn(CCNC3CCCCCC3)n2)cc1. The van der Waals surface area contributed by atoms with Crippen LogP contribution in [0.15, 0.2) is 30.3 Å². The maximum atomic E-state index is 4.44. The van der Waals surface area contributed by atoms with Crippen molar-refractivity contribution in [1.29, 1.82) is 0 Å². The van der Waals surface area contributed by atoms with Gasteiger partial charge in [0.05, 0.1) is 6.54 Å². The van der Waals surface area contributed by atoms with Crippen LogP contribution in [0.5, 0.6) is 0 Å². The topological polar surface area (TPSA) is 55.6 Å². The maximum absolute atomic E-state index is 4.44. The summed E-state index contributed by atoms with van der Waals surface area (Å²) in [5.41, 5.74) is 1.01. The summed E-state index contributed by atoms with van der Waals surface area (Å²) < 4.78 is 0. The molecule has 3 rings (SSSR count). The molecule has 0 bridgehead atoms. The fraction of sp³-hybridized carbons (Fsp3) is 0.562. The summed E-state index contributed by atoms with van der Waals surface area (Å²) in [5, 5.41) is 16.3. The number of rotatable bonds is 5. The molecule has 0 radical (unpaired) electrons. The lowest BCUT2D eigenvalue weighted by molar-refractivity contribution is 0.418. The van der Waals surface area contributed by atoms with Gasteiger partial charge in [-0.25, -0.2) is 0 Å². The van der Waals surface area contributed by atoms with E-state index in [0.717, 1.165) is 18.7 Å². The quantitative estimate of drug-likeness (QED) is 0.858. The first-order chi connectivity index (χ1) is 10.4. The van der Waals surface area contributed by atoms with E-state index in [2.05, 4.69) is 20.7 Å². The van der Waals surface area contributed by atoms with Gasteiger partial charge < -0.3 is 5.32 Å². The van der Waals surface area contributed by atoms with Gasteiger partial charge in [0.2, 0.25) is 5.82 Å². The van der Waals surface area contributed by atoms with Crippen molar-refractivity contribution in [1.82, 2.24) is 25.5 Å². The highest BCUT2D eigenvalue weighted by molar-refractivity contribution is 5.52. The molecule has 1 N–H and O–H groups in total. The molecule has 1 saturated carbocycles. The first-order valence-electron chi connectivity index (χ1n) is 7.98. The minimum atomic E-state index is 0.671. The van der Waals surface area contributed by atoms with E-state index in [1.165, 1.54) is 38.5 Å². The minimum absolute atomic E-state index is 0.671. The molecule has 0 spiro atoms. The summed E-state index contributed by atoms with van der Waals surface area (Å²) in [7, 11) is 0. The standard InChI is InChI=1S/C16H23N5/c1-2-7-11-15(10-6-1)17-12-13-21-19-16(18-20-21)14-8-4-3-5-9-14/h3-5,8-9,15,17H,1-2,6-7,10-13H2. The molecule has 1 aliphatic rings. The summed E-state index contributed by atoms with van der Waals surface area (Å²) in [6.07, 6.45) is 8.11. The third-order valence-corrected chi connectivity index (χ3v) is 4.08. The normalized spacial score (nSPS) is 16.8. The monoisotopic (exact) mass is 285 g/mol. The van der Waals surface area contributed by atoms with Gasteiger partial charge in [-0.3, -0.25) is 0 Å². The zero-order valence-corrected chi connectivity index (χ0v) is 12.4. The van der Waals surface area contributed by atoms with E-state index >= 15 is 0 Å². The molecular formula is C16H23N5. The maximum Gasteiger partial charge on any atom is 0.204 e. The predicted octanol–water partition coefficient (Wildman–Crippen LogP) is 2.65. The number of nitrogens with zero attached hydrogens (tertiary/aromatic N) is 4. The largest absolute Gasteiger partial charge is 0.312 e. The fourth-order valence-electron chi connectivity index (χ4n) is 2.89. The van der Waals surface area contributed by atoms with Crippen molar-refractivity contribution in [2.45, 2.75) is 51.1 Å². The Bertz CT molecular complexity index is 529. The van der Waals surface area contributed by atoms with Gasteiger partial charge in [0, 0.05) is 18.2 Å². The molecule has 112 valence electrons. The van der Waals surface area contributed by atoms with E-state index in [-0.39, 0.29) is 0 Å². The summed E-state index contributed by atoms with van der Waals surface area (Å²) >= 11 is 0. The van der Waals surface area contributed by atoms with Crippen LogP contribution in [-0.2, 0) is 6.54 Å². The Hall–Kier alpha value is -1.75. The van der Waals surface area contributed by atoms with Crippen molar-refractivity contribution in [3.63, 3.8) is 0 Å². The van der Waals surface area contributed by atoms with Crippen molar-refractivity contribution in [3.05, 3.63) is 30.3 Å². The molecule has 0 saturated heterocycles. The van der Waals surface area contributed by atoms with E-state index < -0.39 is 0 Å². The molecule has 1 fully saturated rings. The molecule has 5 heteroatoms. The highest BCUT2D eigenvalue weighted by Crippen LogP contribution is 2.17. The number of benzene rings is 1. The lowest BCUT2D eigenvalue weighted by Gasteiger charge is -2.15. The third kappa shape index (κ3) is 4.11. The Balaban J connectivity index is 1.48. The Morgan fingerprint density at radius 1 is 1.05 bits per heavy atom. The van der Waals surface area contributed by atoms with Gasteiger partial charge in [0.25, 0.3) is 0 Å². The molecule has 0 unspecified atom stereocenters. The van der Waals surface area contributed by atoms with Crippen molar-refractivity contribution < 1.29 is 0 Å². The molecule has 21 heavy (non-hydrogen) atoms. The molecule has 0 atom stereocenters. The number of nitrogens with one attached hydrogen (secondary N) is 1. The molecule has 1 aliphatic carbocycles. The third-order valence-electron chi connectivity index (χ3n) is 4.08. The van der Waals surface area contributed by atoms with Crippen molar-refractivity contribution in [2.75, 3.05) is 6.54 Å². The highest BCUT2D eigenvalue weighted by atomic mass is 15.6. The molecule has 1 aromatic heterocycles. The Kier molecular flexibility index (Phi) is 4.94. The fourth-order valence-corrected chi connectivity index (χ4v) is 2.89. The van der Waals surface area contributed by atoms with Crippen LogP contribution in [0.4, 0.5) is 0 Å². The van der Waals surface area contributed by atoms with Crippen LogP contribution in [0.3, 0.4) is 0 Å². The summed E-state index contributed by atoms with van der Waals surface area (Å²) in [4.78, 5) is 1.69. The molecule has 1 heterocycles. The van der Waals surface area contributed by atoms with E-state index in [9.17, 15) is 0 Å². The summed E-state index contributed by atoms with van der Waals surface area (Å²) in [6.45, 7) is 1.69. The number of hydrogen-bond acceptors (Lipinski definition) is 4. The minimum Gasteiger partial charge on any atom is -0.312 e. The van der Waals surface area contributed by atoms with Crippen LogP contribution < -0.4 is 5.32 Å². The first kappa shape index (κ1) is 14.2. The highest BCUT2D eigenvalue weighted by Gasteiger charge is 2.11. The molecule has 0 aliphatic heterocycles.